The number of carbonyl (C=O) groups is 2. The number of nitrogens with zero attached hydrogens (tertiary/aromatic N) is 3. The number of aromatic nitrogens is 3. The van der Waals surface area contributed by atoms with Crippen LogP contribution in [0.3, 0.4) is 0 Å². The Morgan fingerprint density at radius 2 is 2.16 bits per heavy atom. The number of benzene rings is 1. The third kappa shape index (κ3) is 4.40. The van der Waals surface area contributed by atoms with Crippen LogP contribution in [0.5, 0.6) is 0 Å². The molecule has 2 aromatic heterocycles. The standard InChI is InChI=1S/C15H12ClN5O3S/c1-8(22)18-15-19-11(7-25-15)14(23)17-6-12-20-13(21-24-12)9-3-2-4-10(16)5-9/h2-5,7H,6H2,1H3,(H,17,23)(H,18,19,22). The highest BCUT2D eigenvalue weighted by atomic mass is 35.5. The lowest BCUT2D eigenvalue weighted by atomic mass is 10.2. The molecule has 0 atom stereocenters. The zero-order valence-electron chi connectivity index (χ0n) is 12.9. The van der Waals surface area contributed by atoms with Gasteiger partial charge < -0.3 is 15.2 Å². The Morgan fingerprint density at radius 1 is 1.32 bits per heavy atom. The largest absolute Gasteiger partial charge is 0.342 e. The number of amides is 2. The van der Waals surface area contributed by atoms with Gasteiger partial charge >= 0.3 is 0 Å². The van der Waals surface area contributed by atoms with Crippen LogP contribution in [0.15, 0.2) is 34.2 Å². The van der Waals surface area contributed by atoms with Crippen LogP contribution in [-0.4, -0.2) is 26.9 Å². The first-order chi connectivity index (χ1) is 12.0. The summed E-state index contributed by atoms with van der Waals surface area (Å²) in [5.41, 5.74) is 0.914. The molecule has 3 rings (SSSR count). The molecule has 25 heavy (non-hydrogen) atoms. The summed E-state index contributed by atoms with van der Waals surface area (Å²) in [4.78, 5) is 31.2. The zero-order chi connectivity index (χ0) is 17.8. The molecule has 1 aromatic carbocycles. The SMILES string of the molecule is CC(=O)Nc1nc(C(=O)NCc2nc(-c3cccc(Cl)c3)no2)cs1. The lowest BCUT2D eigenvalue weighted by Crippen LogP contribution is -2.23. The first kappa shape index (κ1) is 17.1. The summed E-state index contributed by atoms with van der Waals surface area (Å²) in [7, 11) is 0. The smallest absolute Gasteiger partial charge is 0.271 e. The Balaban J connectivity index is 1.61. The van der Waals surface area contributed by atoms with E-state index in [0.29, 0.717) is 21.5 Å². The fourth-order valence-electron chi connectivity index (χ4n) is 1.90. The predicted octanol–water partition coefficient (Wildman–Crippen LogP) is 2.73. The minimum atomic E-state index is -0.407. The van der Waals surface area contributed by atoms with Gasteiger partial charge in [0.2, 0.25) is 17.6 Å². The molecule has 0 saturated carbocycles. The summed E-state index contributed by atoms with van der Waals surface area (Å²) in [5, 5.41) is 11.5. The maximum atomic E-state index is 12.1. The molecule has 2 heterocycles. The van der Waals surface area contributed by atoms with Crippen molar-refractivity contribution >= 4 is 39.9 Å². The molecule has 2 N–H and O–H groups in total. The Kier molecular flexibility index (Phi) is 5.05. The van der Waals surface area contributed by atoms with Gasteiger partial charge in [-0.3, -0.25) is 9.59 Å². The summed E-state index contributed by atoms with van der Waals surface area (Å²) in [6.07, 6.45) is 0. The molecule has 8 nitrogen and oxygen atoms in total. The average Bonchev–Trinajstić information content (AvgIpc) is 3.21. The molecule has 0 bridgehead atoms. The summed E-state index contributed by atoms with van der Waals surface area (Å²) >= 11 is 7.09. The predicted molar refractivity (Wildman–Crippen MR) is 92.3 cm³/mol. The Labute approximate surface area is 151 Å². The van der Waals surface area contributed by atoms with Crippen LogP contribution in [0, 0.1) is 0 Å². The van der Waals surface area contributed by atoms with Crippen molar-refractivity contribution in [3.05, 3.63) is 46.3 Å². The second-order valence-corrected chi connectivity index (χ2v) is 6.22. The highest BCUT2D eigenvalue weighted by Crippen LogP contribution is 2.20. The summed E-state index contributed by atoms with van der Waals surface area (Å²) in [6, 6.07) is 7.05. The van der Waals surface area contributed by atoms with Gasteiger partial charge in [-0.2, -0.15) is 4.98 Å². The number of hydrogen-bond acceptors (Lipinski definition) is 7. The molecule has 3 aromatic rings. The van der Waals surface area contributed by atoms with E-state index >= 15 is 0 Å². The van der Waals surface area contributed by atoms with Crippen molar-refractivity contribution in [1.29, 1.82) is 0 Å². The Hall–Kier alpha value is -2.78. The molecule has 2 amide bonds. The maximum Gasteiger partial charge on any atom is 0.271 e. The molecule has 128 valence electrons. The van der Waals surface area contributed by atoms with Gasteiger partial charge in [0.1, 0.15) is 5.69 Å². The first-order valence-corrected chi connectivity index (χ1v) is 8.37. The van der Waals surface area contributed by atoms with Crippen LogP contribution < -0.4 is 10.6 Å². The lowest BCUT2D eigenvalue weighted by Gasteiger charge is -1.98. The van der Waals surface area contributed by atoms with Gasteiger partial charge in [0.25, 0.3) is 5.91 Å². The van der Waals surface area contributed by atoms with Gasteiger partial charge in [0.15, 0.2) is 5.13 Å². The van der Waals surface area contributed by atoms with Crippen molar-refractivity contribution in [2.24, 2.45) is 0 Å². The van der Waals surface area contributed by atoms with Crippen LogP contribution >= 0.6 is 22.9 Å². The molecule has 0 fully saturated rings. The van der Waals surface area contributed by atoms with Crippen molar-refractivity contribution in [1.82, 2.24) is 20.4 Å². The monoisotopic (exact) mass is 377 g/mol. The lowest BCUT2D eigenvalue weighted by molar-refractivity contribution is -0.114. The minimum absolute atomic E-state index is 0.0550. The van der Waals surface area contributed by atoms with E-state index < -0.39 is 5.91 Å². The number of halogens is 1. The highest BCUT2D eigenvalue weighted by molar-refractivity contribution is 7.14. The summed E-state index contributed by atoms with van der Waals surface area (Å²) in [5.74, 6) is -0.0231. The third-order valence-corrected chi connectivity index (χ3v) is 3.96. The Morgan fingerprint density at radius 3 is 2.92 bits per heavy atom. The summed E-state index contributed by atoms with van der Waals surface area (Å²) < 4.78 is 5.11. The van der Waals surface area contributed by atoms with Gasteiger partial charge in [-0.15, -0.1) is 11.3 Å². The van der Waals surface area contributed by atoms with Gasteiger partial charge in [-0.1, -0.05) is 28.9 Å². The van der Waals surface area contributed by atoms with E-state index in [1.54, 1.807) is 29.6 Å². The summed E-state index contributed by atoms with van der Waals surface area (Å²) in [6.45, 7) is 1.42. The topological polar surface area (TPSA) is 110 Å². The van der Waals surface area contributed by atoms with Crippen LogP contribution in [0.2, 0.25) is 5.02 Å². The fourth-order valence-corrected chi connectivity index (χ4v) is 2.83. The molecule has 0 unspecified atom stereocenters. The van der Waals surface area contributed by atoms with E-state index in [0.717, 1.165) is 11.3 Å². The zero-order valence-corrected chi connectivity index (χ0v) is 14.5. The third-order valence-electron chi connectivity index (χ3n) is 2.97. The van der Waals surface area contributed by atoms with Gasteiger partial charge in [0.05, 0.1) is 6.54 Å². The van der Waals surface area contributed by atoms with E-state index in [-0.39, 0.29) is 24.0 Å². The normalized spacial score (nSPS) is 10.5. The molecule has 0 radical (unpaired) electrons. The molecule has 10 heteroatoms. The first-order valence-electron chi connectivity index (χ1n) is 7.11. The van der Waals surface area contributed by atoms with Crippen LogP contribution in [0.4, 0.5) is 5.13 Å². The molecule has 0 aliphatic heterocycles. The molecule has 0 aliphatic rings. The number of anilines is 1. The maximum absolute atomic E-state index is 12.1. The van der Waals surface area contributed by atoms with Crippen molar-refractivity contribution < 1.29 is 14.1 Å². The van der Waals surface area contributed by atoms with E-state index in [9.17, 15) is 9.59 Å². The van der Waals surface area contributed by atoms with Crippen molar-refractivity contribution in [2.45, 2.75) is 13.5 Å². The molecule has 0 saturated heterocycles. The van der Waals surface area contributed by atoms with Crippen LogP contribution in [-0.2, 0) is 11.3 Å². The highest BCUT2D eigenvalue weighted by Gasteiger charge is 2.14. The van der Waals surface area contributed by atoms with E-state index in [1.165, 1.54) is 6.92 Å². The number of hydrogen-bond donors (Lipinski definition) is 2. The fraction of sp³-hybridized carbons (Fsp3) is 0.133. The van der Waals surface area contributed by atoms with Crippen LogP contribution in [0.1, 0.15) is 23.3 Å². The number of nitrogens with one attached hydrogen (secondary N) is 2. The number of rotatable bonds is 5. The van der Waals surface area contributed by atoms with E-state index in [1.807, 2.05) is 0 Å². The van der Waals surface area contributed by atoms with Crippen LogP contribution in [0.25, 0.3) is 11.4 Å². The van der Waals surface area contributed by atoms with Crippen molar-refractivity contribution in [3.8, 4) is 11.4 Å². The van der Waals surface area contributed by atoms with Crippen molar-refractivity contribution in [3.63, 3.8) is 0 Å². The minimum Gasteiger partial charge on any atom is -0.342 e. The van der Waals surface area contributed by atoms with Gasteiger partial charge in [-0.25, -0.2) is 4.98 Å². The quantitative estimate of drug-likeness (QED) is 0.707. The van der Waals surface area contributed by atoms with E-state index in [2.05, 4.69) is 25.8 Å². The van der Waals surface area contributed by atoms with Gasteiger partial charge in [0, 0.05) is 22.9 Å². The number of thiazole rings is 1. The molecular weight excluding hydrogens is 366 g/mol. The molecular formula is C15H12ClN5O3S. The second kappa shape index (κ2) is 7.41. The average molecular weight is 378 g/mol. The number of carbonyl (C=O) groups excluding carboxylic acids is 2. The van der Waals surface area contributed by atoms with Gasteiger partial charge in [-0.05, 0) is 12.1 Å². The Bertz CT molecular complexity index is 923. The molecule has 0 spiro atoms. The molecule has 0 aliphatic carbocycles. The second-order valence-electron chi connectivity index (χ2n) is 4.92. The van der Waals surface area contributed by atoms with E-state index in [4.69, 9.17) is 16.1 Å². The van der Waals surface area contributed by atoms with Crippen molar-refractivity contribution in [2.75, 3.05) is 5.32 Å².